The molecular formula is C11H14IN3S2. The second-order valence-corrected chi connectivity index (χ2v) is 5.70. The molecule has 17 heavy (non-hydrogen) atoms. The standard InChI is InChI=1S/C11H14N3S2.HI/c1-13(2)10-12-11(16-15-10)14(3)9-7-5-4-6-8-9;/h4-8H,1-3H3;1H/q+1;/p-1. The lowest BCUT2D eigenvalue weighted by Gasteiger charge is -2.11. The Hall–Kier alpha value is -0.470. The van der Waals surface area contributed by atoms with Crippen LogP contribution < -0.4 is 38.3 Å². The number of aromatic nitrogens is 1. The third-order valence-electron chi connectivity index (χ3n) is 2.20. The molecule has 1 heterocycles. The molecule has 0 bridgehead atoms. The Morgan fingerprint density at radius 2 is 1.76 bits per heavy atom. The van der Waals surface area contributed by atoms with E-state index in [0.717, 1.165) is 15.6 Å². The normalized spacial score (nSPS) is 9.59. The van der Waals surface area contributed by atoms with E-state index in [1.165, 1.54) is 0 Å². The van der Waals surface area contributed by atoms with Crippen LogP contribution in [0.5, 0.6) is 0 Å². The third-order valence-corrected chi connectivity index (χ3v) is 4.54. The highest BCUT2D eigenvalue weighted by molar-refractivity contribution is 7.69. The van der Waals surface area contributed by atoms with Crippen molar-refractivity contribution in [2.45, 2.75) is 0 Å². The average Bonchev–Trinajstić information content (AvgIpc) is 2.78. The fraction of sp³-hybridized carbons (Fsp3) is 0.273. The van der Waals surface area contributed by atoms with Gasteiger partial charge < -0.3 is 24.0 Å². The van der Waals surface area contributed by atoms with Gasteiger partial charge >= 0.3 is 9.93 Å². The number of para-hydroxylation sites is 1. The molecule has 1 aromatic carbocycles. The van der Waals surface area contributed by atoms with Crippen molar-refractivity contribution in [3.05, 3.63) is 35.1 Å². The number of rotatable bonds is 2. The first-order valence-corrected chi connectivity index (χ1v) is 7.10. The molecule has 0 N–H and O–H groups in total. The van der Waals surface area contributed by atoms with Gasteiger partial charge in [-0.15, -0.1) is 0 Å². The fourth-order valence-electron chi connectivity index (χ4n) is 1.26. The summed E-state index contributed by atoms with van der Waals surface area (Å²) in [4.78, 5) is 7.72. The van der Waals surface area contributed by atoms with E-state index in [2.05, 4.69) is 22.0 Å². The molecular weight excluding hydrogens is 365 g/mol. The largest absolute Gasteiger partial charge is 1.00 e. The predicted molar refractivity (Wildman–Crippen MR) is 71.6 cm³/mol. The molecule has 0 aliphatic rings. The monoisotopic (exact) mass is 379 g/mol. The van der Waals surface area contributed by atoms with Crippen LogP contribution in [0, 0.1) is 0 Å². The molecule has 3 nitrogen and oxygen atoms in total. The van der Waals surface area contributed by atoms with E-state index < -0.39 is 0 Å². The van der Waals surface area contributed by atoms with Gasteiger partial charge in [0.15, 0.2) is 0 Å². The van der Waals surface area contributed by atoms with E-state index in [-0.39, 0.29) is 24.0 Å². The van der Waals surface area contributed by atoms with Crippen molar-refractivity contribution in [1.29, 1.82) is 0 Å². The van der Waals surface area contributed by atoms with Gasteiger partial charge in [0.2, 0.25) is 0 Å². The van der Waals surface area contributed by atoms with Gasteiger partial charge in [0.05, 0.1) is 14.1 Å². The van der Waals surface area contributed by atoms with E-state index in [9.17, 15) is 0 Å². The molecule has 6 heteroatoms. The molecule has 0 spiro atoms. The Kier molecular flexibility index (Phi) is 5.54. The highest BCUT2D eigenvalue weighted by atomic mass is 127. The van der Waals surface area contributed by atoms with Crippen LogP contribution in [-0.4, -0.2) is 26.1 Å². The van der Waals surface area contributed by atoms with Crippen molar-refractivity contribution in [2.24, 2.45) is 0 Å². The number of hydrogen-bond donors (Lipinski definition) is 0. The predicted octanol–water partition coefficient (Wildman–Crippen LogP) is -0.992. The Labute approximate surface area is 125 Å². The van der Waals surface area contributed by atoms with E-state index in [0.29, 0.717) is 0 Å². The van der Waals surface area contributed by atoms with Crippen LogP contribution in [0.15, 0.2) is 30.3 Å². The zero-order valence-corrected chi connectivity index (χ0v) is 13.7. The van der Waals surface area contributed by atoms with Gasteiger partial charge in [-0.2, -0.15) is 0 Å². The highest BCUT2D eigenvalue weighted by Crippen LogP contribution is 2.25. The molecule has 0 saturated heterocycles. The smallest absolute Gasteiger partial charge is 0.390 e. The van der Waals surface area contributed by atoms with Gasteiger partial charge in [-0.05, 0) is 22.5 Å². The molecule has 0 amide bonds. The summed E-state index contributed by atoms with van der Waals surface area (Å²) < 4.78 is 2.03. The van der Waals surface area contributed by atoms with Crippen molar-refractivity contribution in [3.8, 4) is 0 Å². The number of halogens is 1. The highest BCUT2D eigenvalue weighted by Gasteiger charge is 2.14. The fourth-order valence-corrected chi connectivity index (χ4v) is 3.54. The molecule has 92 valence electrons. The molecule has 0 aliphatic carbocycles. The van der Waals surface area contributed by atoms with Gasteiger partial charge in [0.1, 0.15) is 0 Å². The lowest BCUT2D eigenvalue weighted by Crippen LogP contribution is -3.00. The lowest BCUT2D eigenvalue weighted by atomic mass is 10.3. The van der Waals surface area contributed by atoms with Crippen molar-refractivity contribution in [3.63, 3.8) is 0 Å². The van der Waals surface area contributed by atoms with E-state index in [1.54, 1.807) is 20.7 Å². The molecule has 0 radical (unpaired) electrons. The minimum atomic E-state index is 0. The number of hydrogen-bond acceptors (Lipinski definition) is 4. The Morgan fingerprint density at radius 1 is 1.12 bits per heavy atom. The van der Waals surface area contributed by atoms with E-state index in [1.807, 2.05) is 43.9 Å². The topological polar surface area (TPSA) is 19.1 Å². The second-order valence-electron chi connectivity index (χ2n) is 3.63. The first kappa shape index (κ1) is 14.6. The van der Waals surface area contributed by atoms with Crippen molar-refractivity contribution < 1.29 is 24.0 Å². The second kappa shape index (κ2) is 6.46. The van der Waals surface area contributed by atoms with Crippen LogP contribution in [0.3, 0.4) is 0 Å². The summed E-state index contributed by atoms with van der Waals surface area (Å²) in [5, 5.41) is 1.03. The third kappa shape index (κ3) is 3.49. The number of anilines is 2. The maximum atomic E-state index is 4.57. The summed E-state index contributed by atoms with van der Waals surface area (Å²) in [6.45, 7) is 0. The summed E-state index contributed by atoms with van der Waals surface area (Å²) in [6, 6.07) is 10.3. The molecule has 0 atom stereocenters. The summed E-state index contributed by atoms with van der Waals surface area (Å²) in [5.74, 6) is 0. The Morgan fingerprint density at radius 3 is 2.29 bits per heavy atom. The maximum Gasteiger partial charge on any atom is 0.390 e. The summed E-state index contributed by atoms with van der Waals surface area (Å²) in [7, 11) is 9.46. The summed E-state index contributed by atoms with van der Waals surface area (Å²) >= 11 is 0. The van der Waals surface area contributed by atoms with Gasteiger partial charge in [0.25, 0.3) is 0 Å². The maximum absolute atomic E-state index is 4.57. The van der Waals surface area contributed by atoms with E-state index >= 15 is 0 Å². The van der Waals surface area contributed by atoms with Gasteiger partial charge in [-0.25, -0.2) is 0 Å². The van der Waals surface area contributed by atoms with Gasteiger partial charge in [-0.1, -0.05) is 18.2 Å². The van der Waals surface area contributed by atoms with Crippen LogP contribution in [0.2, 0.25) is 0 Å². The van der Waals surface area contributed by atoms with E-state index in [4.69, 9.17) is 0 Å². The van der Waals surface area contributed by atoms with Crippen LogP contribution in [0.1, 0.15) is 0 Å². The Bertz CT molecular complexity index is 529. The minimum absolute atomic E-state index is 0. The lowest BCUT2D eigenvalue weighted by molar-refractivity contribution is -0.00000324. The van der Waals surface area contributed by atoms with Crippen molar-refractivity contribution >= 4 is 31.5 Å². The molecule has 0 aliphatic heterocycles. The van der Waals surface area contributed by atoms with Crippen molar-refractivity contribution in [1.82, 2.24) is 9.56 Å². The number of nitrogens with zero attached hydrogens (tertiary/aromatic N) is 3. The first-order valence-electron chi connectivity index (χ1n) is 4.95. The summed E-state index contributed by atoms with van der Waals surface area (Å²) in [5.41, 5.74) is 1.16. The quantitative estimate of drug-likeness (QED) is 0.379. The van der Waals surface area contributed by atoms with Crippen LogP contribution in [0.25, 0.3) is 0 Å². The van der Waals surface area contributed by atoms with Crippen LogP contribution >= 0.6 is 20.7 Å². The zero-order valence-electron chi connectivity index (χ0n) is 9.92. The molecule has 0 fully saturated rings. The van der Waals surface area contributed by atoms with Gasteiger partial charge in [0, 0.05) is 28.1 Å². The zero-order chi connectivity index (χ0) is 11.5. The molecule has 2 aromatic rings. The SMILES string of the molecule is CN(c1ccccc1)c1nc(=[N+](C)C)ss1.[I-]. The minimum Gasteiger partial charge on any atom is -1.00 e. The van der Waals surface area contributed by atoms with Crippen molar-refractivity contribution in [2.75, 3.05) is 26.0 Å². The van der Waals surface area contributed by atoms with Crippen LogP contribution in [-0.2, 0) is 0 Å². The molecule has 0 saturated carbocycles. The molecule has 1 aromatic heterocycles. The van der Waals surface area contributed by atoms with Gasteiger partial charge in [-0.3, -0.25) is 9.48 Å². The van der Waals surface area contributed by atoms with Crippen LogP contribution in [0.4, 0.5) is 10.8 Å². The first-order chi connectivity index (χ1) is 7.68. The number of benzene rings is 1. The molecule has 0 unspecified atom stereocenters. The Balaban J connectivity index is 0.00000144. The summed E-state index contributed by atoms with van der Waals surface area (Å²) in [6.07, 6.45) is 0. The molecule has 2 rings (SSSR count). The average molecular weight is 379 g/mol.